The molecule has 1 N–H and O–H groups in total. The highest BCUT2D eigenvalue weighted by atomic mass is 16.7. The van der Waals surface area contributed by atoms with Crippen LogP contribution in [0.1, 0.15) is 13.8 Å². The van der Waals surface area contributed by atoms with Crippen LogP contribution < -0.4 is 10.4 Å². The number of nitrogens with zero attached hydrogens (tertiary/aromatic N) is 1. The number of hydrogen-bond donors (Lipinski definition) is 1. The lowest BCUT2D eigenvalue weighted by atomic mass is 10.1. The second-order valence-electron chi connectivity index (χ2n) is 4.19. The van der Waals surface area contributed by atoms with Crippen molar-refractivity contribution in [3.8, 4) is 0 Å². The molecule has 1 aromatic carbocycles. The first kappa shape index (κ1) is 11.6. The Balaban J connectivity index is 2.24. The molecule has 0 bridgehead atoms. The Morgan fingerprint density at radius 3 is 2.47 bits per heavy atom. The van der Waals surface area contributed by atoms with E-state index in [9.17, 15) is 9.59 Å². The number of rotatable bonds is 2. The Hall–Kier alpha value is -1.88. The highest BCUT2D eigenvalue weighted by Crippen LogP contribution is 2.21. The van der Waals surface area contributed by atoms with Gasteiger partial charge >= 0.3 is 6.03 Å². The molecule has 17 heavy (non-hydrogen) atoms. The zero-order valence-electron chi connectivity index (χ0n) is 9.71. The highest BCUT2D eigenvalue weighted by Gasteiger charge is 2.36. The Bertz CT molecular complexity index is 431. The summed E-state index contributed by atoms with van der Waals surface area (Å²) in [5.74, 6) is -0.397. The van der Waals surface area contributed by atoms with Crippen molar-refractivity contribution in [2.24, 2.45) is 5.92 Å². The molecule has 0 saturated carbocycles. The molecule has 1 heterocycles. The van der Waals surface area contributed by atoms with Crippen LogP contribution in [0.15, 0.2) is 30.3 Å². The van der Waals surface area contributed by atoms with Crippen LogP contribution in [0.25, 0.3) is 0 Å². The van der Waals surface area contributed by atoms with Crippen LogP contribution in [0.5, 0.6) is 0 Å². The zero-order chi connectivity index (χ0) is 12.4. The van der Waals surface area contributed by atoms with Gasteiger partial charge in [-0.1, -0.05) is 32.0 Å². The van der Waals surface area contributed by atoms with Gasteiger partial charge in [-0.15, -0.1) is 0 Å². The summed E-state index contributed by atoms with van der Waals surface area (Å²) in [4.78, 5) is 28.6. The number of imide groups is 1. The molecule has 1 aromatic rings. The molecule has 5 heteroatoms. The van der Waals surface area contributed by atoms with Gasteiger partial charge in [-0.3, -0.25) is 14.9 Å². The quantitative estimate of drug-likeness (QED) is 0.847. The van der Waals surface area contributed by atoms with E-state index < -0.39 is 18.0 Å². The SMILES string of the molecule is CC(C)C1ON(c2ccccc2)C(=O)NC1=O. The lowest BCUT2D eigenvalue weighted by molar-refractivity contribution is -0.138. The third kappa shape index (κ3) is 2.29. The fourth-order valence-corrected chi connectivity index (χ4v) is 1.60. The number of hydrogen-bond acceptors (Lipinski definition) is 3. The average Bonchev–Trinajstić information content (AvgIpc) is 2.29. The van der Waals surface area contributed by atoms with Gasteiger partial charge < -0.3 is 0 Å². The van der Waals surface area contributed by atoms with Crippen molar-refractivity contribution in [2.45, 2.75) is 20.0 Å². The highest BCUT2D eigenvalue weighted by molar-refractivity contribution is 6.05. The number of anilines is 1. The molecule has 2 rings (SSSR count). The number of hydroxylamine groups is 1. The van der Waals surface area contributed by atoms with E-state index in [0.717, 1.165) is 5.06 Å². The van der Waals surface area contributed by atoms with Gasteiger partial charge in [0.25, 0.3) is 5.91 Å². The number of carbonyl (C=O) groups is 2. The van der Waals surface area contributed by atoms with E-state index in [1.807, 2.05) is 19.9 Å². The Morgan fingerprint density at radius 1 is 1.24 bits per heavy atom. The molecule has 1 aliphatic heterocycles. The third-order valence-electron chi connectivity index (χ3n) is 2.49. The van der Waals surface area contributed by atoms with Crippen molar-refractivity contribution < 1.29 is 14.4 Å². The van der Waals surface area contributed by atoms with Crippen molar-refractivity contribution >= 4 is 17.6 Å². The number of para-hydroxylation sites is 1. The second-order valence-corrected chi connectivity index (χ2v) is 4.19. The van der Waals surface area contributed by atoms with Crippen molar-refractivity contribution in [1.29, 1.82) is 0 Å². The van der Waals surface area contributed by atoms with Gasteiger partial charge in [0.15, 0.2) is 6.10 Å². The summed E-state index contributed by atoms with van der Waals surface area (Å²) in [6.07, 6.45) is -0.645. The summed E-state index contributed by atoms with van der Waals surface area (Å²) in [5, 5.41) is 3.40. The predicted molar refractivity (Wildman–Crippen MR) is 62.2 cm³/mol. The maximum atomic E-state index is 11.6. The standard InChI is InChI=1S/C12H14N2O3/c1-8(2)10-11(15)13-12(16)14(17-10)9-6-4-3-5-7-9/h3-8,10H,1-2H3,(H,13,15,16). The van der Waals surface area contributed by atoms with Crippen LogP contribution in [0.4, 0.5) is 10.5 Å². The number of carbonyl (C=O) groups excluding carboxylic acids is 2. The lowest BCUT2D eigenvalue weighted by Gasteiger charge is -2.32. The van der Waals surface area contributed by atoms with Gasteiger partial charge in [0, 0.05) is 0 Å². The molecule has 1 saturated heterocycles. The molecule has 0 radical (unpaired) electrons. The van der Waals surface area contributed by atoms with Crippen LogP contribution in [-0.2, 0) is 9.63 Å². The average molecular weight is 234 g/mol. The van der Waals surface area contributed by atoms with Crippen molar-refractivity contribution in [2.75, 3.05) is 5.06 Å². The van der Waals surface area contributed by atoms with E-state index in [1.54, 1.807) is 24.3 Å². The van der Waals surface area contributed by atoms with Gasteiger partial charge in [0.05, 0.1) is 5.69 Å². The zero-order valence-corrected chi connectivity index (χ0v) is 9.71. The van der Waals surface area contributed by atoms with Crippen LogP contribution in [0.2, 0.25) is 0 Å². The number of nitrogens with one attached hydrogen (secondary N) is 1. The fourth-order valence-electron chi connectivity index (χ4n) is 1.60. The summed E-state index contributed by atoms with van der Waals surface area (Å²) in [6, 6.07) is 8.37. The molecule has 0 spiro atoms. The molecule has 0 aliphatic carbocycles. The minimum Gasteiger partial charge on any atom is -0.273 e. The lowest BCUT2D eigenvalue weighted by Crippen LogP contribution is -2.57. The van der Waals surface area contributed by atoms with Crippen molar-refractivity contribution in [3.05, 3.63) is 30.3 Å². The molecule has 3 amide bonds. The molecule has 1 fully saturated rings. The molecular weight excluding hydrogens is 220 g/mol. The van der Waals surface area contributed by atoms with Crippen molar-refractivity contribution in [1.82, 2.24) is 5.32 Å². The van der Waals surface area contributed by atoms with E-state index in [2.05, 4.69) is 5.32 Å². The Labute approximate surface area is 99.3 Å². The summed E-state index contributed by atoms with van der Waals surface area (Å²) >= 11 is 0. The van der Waals surface area contributed by atoms with Gasteiger partial charge in [0.1, 0.15) is 0 Å². The molecular formula is C12H14N2O3. The fraction of sp³-hybridized carbons (Fsp3) is 0.333. The van der Waals surface area contributed by atoms with E-state index in [1.165, 1.54) is 0 Å². The van der Waals surface area contributed by atoms with Crippen LogP contribution in [0.3, 0.4) is 0 Å². The molecule has 1 aliphatic rings. The number of benzene rings is 1. The minimum atomic E-state index is -0.645. The molecule has 1 atom stereocenters. The van der Waals surface area contributed by atoms with Gasteiger partial charge in [-0.25, -0.2) is 4.79 Å². The third-order valence-corrected chi connectivity index (χ3v) is 2.49. The summed E-state index contributed by atoms with van der Waals surface area (Å²) in [5.41, 5.74) is 0.600. The van der Waals surface area contributed by atoms with E-state index in [-0.39, 0.29) is 5.92 Å². The van der Waals surface area contributed by atoms with Gasteiger partial charge in [-0.05, 0) is 18.1 Å². The second kappa shape index (κ2) is 4.55. The largest absolute Gasteiger partial charge is 0.352 e. The topological polar surface area (TPSA) is 58.6 Å². The van der Waals surface area contributed by atoms with E-state index in [4.69, 9.17) is 4.84 Å². The first-order valence-corrected chi connectivity index (χ1v) is 5.46. The van der Waals surface area contributed by atoms with E-state index >= 15 is 0 Å². The predicted octanol–water partition coefficient (Wildman–Crippen LogP) is 1.70. The van der Waals surface area contributed by atoms with Crippen LogP contribution in [0, 0.1) is 5.92 Å². The number of urea groups is 1. The summed E-state index contributed by atoms with van der Waals surface area (Å²) < 4.78 is 0. The van der Waals surface area contributed by atoms with Gasteiger partial charge in [0.2, 0.25) is 0 Å². The molecule has 0 aromatic heterocycles. The maximum Gasteiger partial charge on any atom is 0.352 e. The molecule has 90 valence electrons. The normalized spacial score (nSPS) is 20.6. The smallest absolute Gasteiger partial charge is 0.273 e. The molecule has 1 unspecified atom stereocenters. The number of amides is 3. The maximum absolute atomic E-state index is 11.6. The van der Waals surface area contributed by atoms with E-state index in [0.29, 0.717) is 5.69 Å². The van der Waals surface area contributed by atoms with Crippen LogP contribution in [-0.4, -0.2) is 18.0 Å². The molecule has 5 nitrogen and oxygen atoms in total. The summed E-state index contributed by atoms with van der Waals surface area (Å²) in [7, 11) is 0. The van der Waals surface area contributed by atoms with Crippen molar-refractivity contribution in [3.63, 3.8) is 0 Å². The van der Waals surface area contributed by atoms with Crippen LogP contribution >= 0.6 is 0 Å². The van der Waals surface area contributed by atoms with Gasteiger partial charge in [-0.2, -0.15) is 5.06 Å². The first-order valence-electron chi connectivity index (χ1n) is 5.46. The minimum absolute atomic E-state index is 0.00527. The monoisotopic (exact) mass is 234 g/mol. The first-order chi connectivity index (χ1) is 8.09. The Kier molecular flexibility index (Phi) is 3.10. The summed E-state index contributed by atoms with van der Waals surface area (Å²) in [6.45, 7) is 3.73. The Morgan fingerprint density at radius 2 is 1.88 bits per heavy atom.